The molecule has 11 nitrogen and oxygen atoms in total. The number of alkyl halides is 3. The Morgan fingerprint density at radius 3 is 2.40 bits per heavy atom. The van der Waals surface area contributed by atoms with Crippen molar-refractivity contribution in [1.82, 2.24) is 20.4 Å². The van der Waals surface area contributed by atoms with Crippen LogP contribution in [0.15, 0.2) is 64.7 Å². The molecule has 5 rings (SSSR count). The van der Waals surface area contributed by atoms with Crippen molar-refractivity contribution in [3.63, 3.8) is 0 Å². The van der Waals surface area contributed by atoms with Gasteiger partial charge in [-0.1, -0.05) is 12.1 Å². The molecule has 0 radical (unpaired) electrons. The molecule has 0 unspecified atom stereocenters. The van der Waals surface area contributed by atoms with Gasteiger partial charge in [0.1, 0.15) is 30.0 Å². The maximum absolute atomic E-state index is 13.8. The zero-order valence-electron chi connectivity index (χ0n) is 26.3. The molecular weight excluding hydrogens is 629 g/mol. The summed E-state index contributed by atoms with van der Waals surface area (Å²) in [6, 6.07) is 9.54. The third kappa shape index (κ3) is 7.96. The average molecular weight is 665 g/mol. The Morgan fingerprint density at radius 1 is 1.02 bits per heavy atom. The standard InChI is InChI=1S/C34H35F3N6O5/c1-21-16-24-19-48-15-11-25(24)29(21)41-31(40-27-6-2-3-14-43(33(27)47)18-28(44)42-12-4-5-13-42)26(17-38)30(45)22-7-9-23(10-8-22)32(46)39-20-34(35,36)37/h7-11,15-16,19,27,40-41H,2-6,12-14,18,20H2,1H3,(H,39,46)/t27-/m0/s1. The summed E-state index contributed by atoms with van der Waals surface area (Å²) in [4.78, 5) is 56.0. The highest BCUT2D eigenvalue weighted by molar-refractivity contribution is 6.12. The zero-order valence-corrected chi connectivity index (χ0v) is 26.3. The Morgan fingerprint density at radius 2 is 1.71 bits per heavy atom. The van der Waals surface area contributed by atoms with E-state index in [4.69, 9.17) is 4.42 Å². The summed E-state index contributed by atoms with van der Waals surface area (Å²) in [5.41, 5.74) is 2.37. The van der Waals surface area contributed by atoms with E-state index in [1.807, 2.05) is 19.1 Å². The lowest BCUT2D eigenvalue weighted by Gasteiger charge is -2.28. The van der Waals surface area contributed by atoms with E-state index >= 15 is 0 Å². The molecule has 0 bridgehead atoms. The predicted octanol–water partition coefficient (Wildman–Crippen LogP) is 4.61. The summed E-state index contributed by atoms with van der Waals surface area (Å²) in [7, 11) is 0. The van der Waals surface area contributed by atoms with E-state index in [1.54, 1.807) is 22.5 Å². The first-order chi connectivity index (χ1) is 22.9. The molecule has 0 saturated carbocycles. The van der Waals surface area contributed by atoms with Gasteiger partial charge in [0.15, 0.2) is 0 Å². The highest BCUT2D eigenvalue weighted by Gasteiger charge is 2.33. The van der Waals surface area contributed by atoms with Crippen molar-refractivity contribution in [3.8, 4) is 17.2 Å². The summed E-state index contributed by atoms with van der Waals surface area (Å²) >= 11 is 0. The molecule has 3 aliphatic heterocycles. The fourth-order valence-electron chi connectivity index (χ4n) is 5.92. The van der Waals surface area contributed by atoms with Crippen LogP contribution in [0.3, 0.4) is 0 Å². The molecule has 0 aromatic heterocycles. The third-order valence-corrected chi connectivity index (χ3v) is 8.44. The van der Waals surface area contributed by atoms with Gasteiger partial charge in [-0.15, -0.1) is 0 Å². The summed E-state index contributed by atoms with van der Waals surface area (Å²) in [5.74, 6) is -2.21. The Hall–Kier alpha value is -5.32. The summed E-state index contributed by atoms with van der Waals surface area (Å²) in [6.45, 7) is 1.97. The van der Waals surface area contributed by atoms with Gasteiger partial charge in [0.05, 0.1) is 24.8 Å². The summed E-state index contributed by atoms with van der Waals surface area (Å²) < 4.78 is 43.0. The van der Waals surface area contributed by atoms with Crippen molar-refractivity contribution in [2.75, 3.05) is 38.0 Å². The molecule has 2 saturated heterocycles. The van der Waals surface area contributed by atoms with Crippen LogP contribution in [0.4, 0.5) is 18.9 Å². The van der Waals surface area contributed by atoms with Crippen LogP contribution >= 0.6 is 0 Å². The predicted molar refractivity (Wildman–Crippen MR) is 169 cm³/mol. The van der Waals surface area contributed by atoms with Crippen LogP contribution in [0.5, 0.6) is 0 Å². The highest BCUT2D eigenvalue weighted by atomic mass is 19.4. The first-order valence-electron chi connectivity index (χ1n) is 15.6. The van der Waals surface area contributed by atoms with Crippen LogP contribution in [0.25, 0.3) is 11.1 Å². The fourth-order valence-corrected chi connectivity index (χ4v) is 5.92. The number of hydrogen-bond acceptors (Lipinski definition) is 8. The number of rotatable bonds is 10. The molecule has 48 heavy (non-hydrogen) atoms. The van der Waals surface area contributed by atoms with Gasteiger partial charge < -0.3 is 30.2 Å². The van der Waals surface area contributed by atoms with Gasteiger partial charge in [0, 0.05) is 41.9 Å². The topological polar surface area (TPSA) is 148 Å². The number of nitriles is 1. The summed E-state index contributed by atoms with van der Waals surface area (Å²) in [5, 5.41) is 18.4. The van der Waals surface area contributed by atoms with Crippen LogP contribution in [0.2, 0.25) is 0 Å². The van der Waals surface area contributed by atoms with Crippen molar-refractivity contribution < 1.29 is 36.8 Å². The monoisotopic (exact) mass is 664 g/mol. The number of anilines is 1. The molecule has 4 aliphatic rings. The number of Topliss-reactive ketones (excluding diaryl/α,β-unsaturated/α-hetero) is 1. The first kappa shape index (κ1) is 34.0. The quantitative estimate of drug-likeness (QED) is 0.162. The molecular formula is C34H35F3N6O5. The molecule has 1 aromatic carbocycles. The van der Waals surface area contributed by atoms with Gasteiger partial charge in [-0.2, -0.15) is 18.4 Å². The van der Waals surface area contributed by atoms with Gasteiger partial charge in [-0.3, -0.25) is 19.2 Å². The number of likely N-dealkylation sites (tertiary alicyclic amines) is 2. The van der Waals surface area contributed by atoms with E-state index in [9.17, 15) is 37.6 Å². The maximum atomic E-state index is 13.8. The van der Waals surface area contributed by atoms with Crippen molar-refractivity contribution in [2.45, 2.75) is 51.2 Å². The second-order valence-corrected chi connectivity index (χ2v) is 11.9. The molecule has 1 aliphatic carbocycles. The van der Waals surface area contributed by atoms with Gasteiger partial charge in [0.25, 0.3) is 5.91 Å². The second kappa shape index (κ2) is 14.6. The van der Waals surface area contributed by atoms with Crippen LogP contribution in [0.1, 0.15) is 58.4 Å². The number of ketones is 1. The number of hydrogen-bond donors (Lipinski definition) is 3. The molecule has 1 aromatic rings. The minimum atomic E-state index is -4.59. The number of carbonyl (C=O) groups excluding carboxylic acids is 4. The van der Waals surface area contributed by atoms with Gasteiger partial charge >= 0.3 is 6.18 Å². The normalized spacial score (nSPS) is 17.4. The van der Waals surface area contributed by atoms with Crippen LogP contribution in [-0.4, -0.2) is 78.2 Å². The molecule has 3 amide bonds. The third-order valence-electron chi connectivity index (χ3n) is 8.44. The number of carbonyl (C=O) groups is 4. The molecule has 3 heterocycles. The average Bonchev–Trinajstić information content (AvgIpc) is 3.68. The fraction of sp³-hybridized carbons (Fsp3) is 0.382. The lowest BCUT2D eigenvalue weighted by atomic mass is 10.0. The van der Waals surface area contributed by atoms with Crippen LogP contribution < -0.4 is 16.0 Å². The Labute approximate surface area is 275 Å². The van der Waals surface area contributed by atoms with Crippen molar-refractivity contribution in [1.29, 1.82) is 5.26 Å². The van der Waals surface area contributed by atoms with Crippen LogP contribution in [0, 0.1) is 18.3 Å². The molecule has 14 heteroatoms. The summed E-state index contributed by atoms with van der Waals surface area (Å²) in [6.07, 6.45) is 2.00. The number of nitrogens with one attached hydrogen (secondary N) is 3. The van der Waals surface area contributed by atoms with Crippen molar-refractivity contribution in [2.24, 2.45) is 0 Å². The smallest absolute Gasteiger partial charge is 0.405 e. The largest absolute Gasteiger partial charge is 0.472 e. The molecule has 1 atom stereocenters. The second-order valence-electron chi connectivity index (χ2n) is 11.9. The maximum Gasteiger partial charge on any atom is 0.405 e. The first-order valence-corrected chi connectivity index (χ1v) is 15.6. The van der Waals surface area contributed by atoms with E-state index in [0.717, 1.165) is 29.5 Å². The van der Waals surface area contributed by atoms with Crippen molar-refractivity contribution in [3.05, 3.63) is 77.0 Å². The Bertz CT molecular complexity index is 1720. The number of fused-ring (bicyclic) bond motifs is 1. The molecule has 3 N–H and O–H groups in total. The number of halogens is 3. The van der Waals surface area contributed by atoms with Crippen molar-refractivity contribution >= 4 is 29.2 Å². The molecule has 252 valence electrons. The van der Waals surface area contributed by atoms with Crippen LogP contribution in [-0.2, 0) is 9.59 Å². The van der Waals surface area contributed by atoms with Gasteiger partial charge in [-0.05, 0) is 68.9 Å². The van der Waals surface area contributed by atoms with Gasteiger partial charge in [-0.25, -0.2) is 0 Å². The number of allylic oxidation sites excluding steroid dienone is 1. The minimum absolute atomic E-state index is 0.00654. The molecule has 0 spiro atoms. The Kier molecular flexibility index (Phi) is 10.4. The van der Waals surface area contributed by atoms with Gasteiger partial charge in [0.2, 0.25) is 17.6 Å². The Balaban J connectivity index is 1.45. The minimum Gasteiger partial charge on any atom is -0.472 e. The van der Waals surface area contributed by atoms with E-state index in [0.29, 0.717) is 44.6 Å². The zero-order chi connectivity index (χ0) is 34.4. The lowest BCUT2D eigenvalue weighted by molar-refractivity contribution is -0.140. The number of nitrogens with zero attached hydrogens (tertiary/aromatic N) is 3. The van der Waals surface area contributed by atoms with E-state index in [2.05, 4.69) is 10.6 Å². The SMILES string of the molecule is Cc1cc2coccc-2c1NC(N[C@H]1CCCCN(CC(=O)N2CCCC2)C1=O)=C(C#N)C(=O)c1ccc(C(=O)NCC(F)(F)F)cc1. The number of amides is 3. The van der Waals surface area contributed by atoms with E-state index < -0.39 is 30.5 Å². The van der Waals surface area contributed by atoms with E-state index in [1.165, 1.54) is 35.4 Å². The lowest BCUT2D eigenvalue weighted by Crippen LogP contribution is -2.49. The van der Waals surface area contributed by atoms with E-state index in [-0.39, 0.29) is 40.9 Å². The highest BCUT2D eigenvalue weighted by Crippen LogP contribution is 2.37. The molecule has 2 fully saturated rings. The number of benzene rings is 1. The number of aryl methyl sites for hydroxylation is 1.